The number of pyridine rings is 1. The van der Waals surface area contributed by atoms with Crippen molar-refractivity contribution in [2.75, 3.05) is 32.1 Å². The summed E-state index contributed by atoms with van der Waals surface area (Å²) in [6.45, 7) is 6.39. The normalized spacial score (nSPS) is 17.3. The molecule has 3 aromatic heterocycles. The van der Waals surface area contributed by atoms with E-state index in [0.717, 1.165) is 49.9 Å². The Morgan fingerprint density at radius 1 is 1.14 bits per heavy atom. The number of benzene rings is 1. The summed E-state index contributed by atoms with van der Waals surface area (Å²) < 4.78 is 6.19. The van der Waals surface area contributed by atoms with Gasteiger partial charge >= 0.3 is 0 Å². The van der Waals surface area contributed by atoms with Crippen LogP contribution in [0.2, 0.25) is 0 Å². The highest BCUT2D eigenvalue weighted by Crippen LogP contribution is 2.47. The van der Waals surface area contributed by atoms with Crippen LogP contribution in [0.3, 0.4) is 0 Å². The average Bonchev–Trinajstić information content (AvgIpc) is 3.44. The third-order valence-electron chi connectivity index (χ3n) is 6.36. The zero-order valence-corrected chi connectivity index (χ0v) is 22.4. The topological polar surface area (TPSA) is 88.2 Å². The number of carbonyl (C=O) groups is 1. The summed E-state index contributed by atoms with van der Waals surface area (Å²) in [5, 5.41) is 12.0. The minimum atomic E-state index is 0.00880. The molecule has 4 heterocycles. The van der Waals surface area contributed by atoms with Gasteiger partial charge in [-0.25, -0.2) is 4.98 Å². The van der Waals surface area contributed by atoms with Crippen LogP contribution in [0.25, 0.3) is 31.9 Å². The molecule has 1 aromatic carbocycles. The van der Waals surface area contributed by atoms with E-state index in [4.69, 9.17) is 9.72 Å². The Balaban J connectivity index is 1.47. The Kier molecular flexibility index (Phi) is 7.73. The van der Waals surface area contributed by atoms with Crippen molar-refractivity contribution >= 4 is 43.8 Å². The number of anilines is 1. The highest BCUT2D eigenvalue weighted by molar-refractivity contribution is 7.23. The minimum absolute atomic E-state index is 0.00880. The van der Waals surface area contributed by atoms with Crippen molar-refractivity contribution in [3.63, 3.8) is 0 Å². The molecule has 1 amide bonds. The van der Waals surface area contributed by atoms with Crippen molar-refractivity contribution in [1.29, 1.82) is 0 Å². The number of amides is 1. The van der Waals surface area contributed by atoms with Crippen LogP contribution in [-0.2, 0) is 16.0 Å². The maximum Gasteiger partial charge on any atom is 0.226 e. The lowest BCUT2D eigenvalue weighted by atomic mass is 9.95. The van der Waals surface area contributed by atoms with Gasteiger partial charge in [-0.05, 0) is 61.2 Å². The van der Waals surface area contributed by atoms with Crippen LogP contribution in [-0.4, -0.2) is 48.7 Å². The van der Waals surface area contributed by atoms with E-state index in [0.29, 0.717) is 25.6 Å². The molecule has 4 aromatic rings. The SMILES string of the molecule is COCCNCCC(=O)Nc1sc2c(c1-c1nc3ccc(-c4ccncc4)cc3s1)C[C@H](C)N[C@@H]2C. The van der Waals surface area contributed by atoms with Crippen molar-refractivity contribution in [3.05, 3.63) is 53.2 Å². The lowest BCUT2D eigenvalue weighted by Crippen LogP contribution is -2.35. The van der Waals surface area contributed by atoms with E-state index < -0.39 is 0 Å². The predicted molar refractivity (Wildman–Crippen MR) is 149 cm³/mol. The summed E-state index contributed by atoms with van der Waals surface area (Å²) in [7, 11) is 1.67. The maximum absolute atomic E-state index is 12.8. The zero-order valence-electron chi connectivity index (χ0n) is 20.8. The summed E-state index contributed by atoms with van der Waals surface area (Å²) in [5.74, 6) is 0.00880. The van der Waals surface area contributed by atoms with Gasteiger partial charge in [0.25, 0.3) is 0 Å². The van der Waals surface area contributed by atoms with E-state index >= 15 is 0 Å². The second-order valence-electron chi connectivity index (χ2n) is 9.12. The number of hydrogen-bond donors (Lipinski definition) is 3. The summed E-state index contributed by atoms with van der Waals surface area (Å²) >= 11 is 3.37. The molecule has 0 saturated carbocycles. The molecule has 36 heavy (non-hydrogen) atoms. The quantitative estimate of drug-likeness (QED) is 0.261. The first-order chi connectivity index (χ1) is 17.5. The van der Waals surface area contributed by atoms with Gasteiger partial charge in [0.15, 0.2) is 0 Å². The van der Waals surface area contributed by atoms with Crippen molar-refractivity contribution in [2.45, 2.75) is 38.8 Å². The van der Waals surface area contributed by atoms with Crippen molar-refractivity contribution in [3.8, 4) is 21.7 Å². The monoisotopic (exact) mass is 521 g/mol. The number of aromatic nitrogens is 2. The fourth-order valence-electron chi connectivity index (χ4n) is 4.66. The second kappa shape index (κ2) is 11.1. The van der Waals surface area contributed by atoms with Gasteiger partial charge in [-0.15, -0.1) is 22.7 Å². The molecule has 0 unspecified atom stereocenters. The van der Waals surface area contributed by atoms with E-state index in [9.17, 15) is 4.79 Å². The Hall–Kier alpha value is -2.69. The molecule has 1 aliphatic rings. The van der Waals surface area contributed by atoms with Gasteiger partial charge in [-0.3, -0.25) is 9.78 Å². The number of ether oxygens (including phenoxy) is 1. The summed E-state index contributed by atoms with van der Waals surface area (Å²) in [6, 6.07) is 11.0. The van der Waals surface area contributed by atoms with Gasteiger partial charge in [-0.2, -0.15) is 0 Å². The van der Waals surface area contributed by atoms with Gasteiger partial charge in [-0.1, -0.05) is 6.07 Å². The first kappa shape index (κ1) is 25.0. The average molecular weight is 522 g/mol. The number of methoxy groups -OCH3 is 1. The predicted octanol–water partition coefficient (Wildman–Crippen LogP) is 5.25. The molecular weight excluding hydrogens is 490 g/mol. The molecule has 0 radical (unpaired) electrons. The van der Waals surface area contributed by atoms with Crippen molar-refractivity contribution in [1.82, 2.24) is 20.6 Å². The molecule has 9 heteroatoms. The molecule has 2 atom stereocenters. The molecule has 3 N–H and O–H groups in total. The fourth-order valence-corrected chi connectivity index (χ4v) is 7.07. The standard InChI is InChI=1S/C27H31N5O2S2/c1-16-14-20-24(26-31-21-5-4-19(15-22(21)35-26)18-6-9-28-10-7-18)27(36-25(20)17(2)30-16)32-23(33)8-11-29-12-13-34-3/h4-7,9-10,15-17,29-30H,8,11-14H2,1-3H3,(H,32,33)/t16-,17+/m0/s1. The Labute approximate surface area is 219 Å². The highest BCUT2D eigenvalue weighted by Gasteiger charge is 2.30. The van der Waals surface area contributed by atoms with Gasteiger partial charge in [0.1, 0.15) is 10.0 Å². The zero-order chi connectivity index (χ0) is 25.1. The Morgan fingerprint density at radius 3 is 2.78 bits per heavy atom. The Bertz CT molecular complexity index is 1350. The fraction of sp³-hybridized carbons (Fsp3) is 0.370. The van der Waals surface area contributed by atoms with E-state index in [1.165, 1.54) is 10.4 Å². The van der Waals surface area contributed by atoms with Gasteiger partial charge in [0.05, 0.1) is 16.8 Å². The molecule has 7 nitrogen and oxygen atoms in total. The number of rotatable bonds is 9. The molecule has 0 aliphatic carbocycles. The van der Waals surface area contributed by atoms with E-state index in [-0.39, 0.29) is 11.9 Å². The van der Waals surface area contributed by atoms with E-state index in [1.807, 2.05) is 24.5 Å². The molecule has 0 saturated heterocycles. The molecule has 188 valence electrons. The molecule has 5 rings (SSSR count). The highest BCUT2D eigenvalue weighted by atomic mass is 32.1. The third-order valence-corrected chi connectivity index (χ3v) is 8.72. The number of thiophene rings is 1. The molecule has 0 spiro atoms. The molecular formula is C27H31N5O2S2. The summed E-state index contributed by atoms with van der Waals surface area (Å²) in [6.07, 6.45) is 4.95. The number of nitrogens with zero attached hydrogens (tertiary/aromatic N) is 2. The molecule has 0 fully saturated rings. The number of thiazole rings is 1. The first-order valence-electron chi connectivity index (χ1n) is 12.3. The van der Waals surface area contributed by atoms with Crippen LogP contribution >= 0.6 is 22.7 Å². The number of nitrogens with one attached hydrogen (secondary N) is 3. The number of fused-ring (bicyclic) bond motifs is 2. The van der Waals surface area contributed by atoms with Crippen LogP contribution < -0.4 is 16.0 Å². The summed E-state index contributed by atoms with van der Waals surface area (Å²) in [4.78, 5) is 23.3. The van der Waals surface area contributed by atoms with E-state index in [1.54, 1.807) is 29.8 Å². The van der Waals surface area contributed by atoms with Crippen LogP contribution in [0.5, 0.6) is 0 Å². The third kappa shape index (κ3) is 5.35. The molecule has 1 aliphatic heterocycles. The lowest BCUT2D eigenvalue weighted by molar-refractivity contribution is -0.116. The van der Waals surface area contributed by atoms with Crippen LogP contribution in [0.4, 0.5) is 5.00 Å². The second-order valence-corrected chi connectivity index (χ2v) is 11.2. The van der Waals surface area contributed by atoms with Gasteiger partial charge in [0, 0.05) is 61.5 Å². The smallest absolute Gasteiger partial charge is 0.226 e. The number of hydrogen-bond acceptors (Lipinski definition) is 8. The molecule has 0 bridgehead atoms. The largest absolute Gasteiger partial charge is 0.383 e. The Morgan fingerprint density at radius 2 is 1.97 bits per heavy atom. The number of carbonyl (C=O) groups excluding carboxylic acids is 1. The lowest BCUT2D eigenvalue weighted by Gasteiger charge is -2.26. The van der Waals surface area contributed by atoms with Crippen molar-refractivity contribution in [2.24, 2.45) is 0 Å². The van der Waals surface area contributed by atoms with Crippen LogP contribution in [0.1, 0.15) is 36.8 Å². The van der Waals surface area contributed by atoms with Crippen LogP contribution in [0.15, 0.2) is 42.7 Å². The van der Waals surface area contributed by atoms with Gasteiger partial charge in [0.2, 0.25) is 5.91 Å². The summed E-state index contributed by atoms with van der Waals surface area (Å²) in [5.41, 5.74) is 5.65. The van der Waals surface area contributed by atoms with E-state index in [2.05, 4.69) is 53.0 Å². The minimum Gasteiger partial charge on any atom is -0.383 e. The van der Waals surface area contributed by atoms with Gasteiger partial charge < -0.3 is 20.7 Å². The maximum atomic E-state index is 12.8. The van der Waals surface area contributed by atoms with Crippen LogP contribution in [0, 0.1) is 0 Å². The van der Waals surface area contributed by atoms with Crippen molar-refractivity contribution < 1.29 is 9.53 Å². The first-order valence-corrected chi connectivity index (χ1v) is 13.9.